The molecule has 0 saturated carbocycles. The fourth-order valence-electron chi connectivity index (χ4n) is 1.82. The normalized spacial score (nSPS) is 9.60. The molecule has 0 saturated heterocycles. The molecule has 0 radical (unpaired) electrons. The molecule has 0 fully saturated rings. The van der Waals surface area contributed by atoms with Gasteiger partial charge in [0.2, 0.25) is 0 Å². The van der Waals surface area contributed by atoms with Gasteiger partial charge >= 0.3 is 0 Å². The van der Waals surface area contributed by atoms with E-state index in [1.165, 1.54) is 0 Å². The number of rotatable bonds is 6. The van der Waals surface area contributed by atoms with Gasteiger partial charge in [-0.05, 0) is 29.8 Å². The summed E-state index contributed by atoms with van der Waals surface area (Å²) in [7, 11) is 1.62. The topological polar surface area (TPSA) is 30.5 Å². The van der Waals surface area contributed by atoms with Gasteiger partial charge in [-0.1, -0.05) is 30.2 Å². The van der Waals surface area contributed by atoms with Crippen LogP contribution in [0, 0.1) is 12.3 Å². The summed E-state index contributed by atoms with van der Waals surface area (Å²) >= 11 is 0. The Morgan fingerprint density at radius 2 is 1.90 bits per heavy atom. The second-order valence-electron chi connectivity index (χ2n) is 4.20. The number of nitrogens with one attached hydrogen (secondary N) is 1. The first-order valence-corrected chi connectivity index (χ1v) is 6.35. The Morgan fingerprint density at radius 1 is 1.10 bits per heavy atom. The van der Waals surface area contributed by atoms with Crippen LogP contribution in [0.15, 0.2) is 48.5 Å². The van der Waals surface area contributed by atoms with E-state index in [2.05, 4.69) is 11.2 Å². The number of hydrogen-bond acceptors (Lipinski definition) is 3. The van der Waals surface area contributed by atoms with E-state index in [4.69, 9.17) is 15.9 Å². The van der Waals surface area contributed by atoms with Gasteiger partial charge in [0.25, 0.3) is 0 Å². The molecular formula is C17H17NO2. The van der Waals surface area contributed by atoms with Gasteiger partial charge in [-0.25, -0.2) is 0 Å². The highest BCUT2D eigenvalue weighted by Gasteiger charge is 2.05. The summed E-state index contributed by atoms with van der Waals surface area (Å²) in [6.07, 6.45) is 5.18. The summed E-state index contributed by atoms with van der Waals surface area (Å²) < 4.78 is 10.7. The van der Waals surface area contributed by atoms with Crippen LogP contribution in [0.3, 0.4) is 0 Å². The van der Waals surface area contributed by atoms with Crippen molar-refractivity contribution in [3.8, 4) is 23.8 Å². The molecule has 0 unspecified atom stereocenters. The molecule has 0 aliphatic heterocycles. The second kappa shape index (κ2) is 7.10. The Balaban J connectivity index is 2.04. The maximum atomic E-state index is 5.41. The minimum absolute atomic E-state index is 0.234. The van der Waals surface area contributed by atoms with Crippen LogP contribution in [0.2, 0.25) is 0 Å². The average molecular weight is 267 g/mol. The molecule has 3 nitrogen and oxygen atoms in total. The Hall–Kier alpha value is -2.60. The maximum Gasteiger partial charge on any atom is 0.162 e. The van der Waals surface area contributed by atoms with Gasteiger partial charge in [0.05, 0.1) is 7.11 Å². The fraction of sp³-hybridized carbons (Fsp3) is 0.176. The van der Waals surface area contributed by atoms with Gasteiger partial charge in [-0.15, -0.1) is 6.42 Å². The molecule has 2 rings (SSSR count). The number of anilines is 1. The first-order valence-electron chi connectivity index (χ1n) is 6.35. The molecule has 3 heteroatoms. The second-order valence-corrected chi connectivity index (χ2v) is 4.20. The lowest BCUT2D eigenvalue weighted by Crippen LogP contribution is -2.01. The largest absolute Gasteiger partial charge is 0.493 e. The van der Waals surface area contributed by atoms with Crippen LogP contribution in [-0.4, -0.2) is 13.7 Å². The summed E-state index contributed by atoms with van der Waals surface area (Å²) in [5.41, 5.74) is 2.19. The first kappa shape index (κ1) is 13.8. The van der Waals surface area contributed by atoms with Crippen LogP contribution in [0.4, 0.5) is 5.69 Å². The van der Waals surface area contributed by atoms with Crippen LogP contribution >= 0.6 is 0 Å². The summed E-state index contributed by atoms with van der Waals surface area (Å²) in [6, 6.07) is 15.9. The Morgan fingerprint density at radius 3 is 2.60 bits per heavy atom. The van der Waals surface area contributed by atoms with E-state index in [0.717, 1.165) is 17.8 Å². The molecule has 0 heterocycles. The van der Waals surface area contributed by atoms with Gasteiger partial charge in [-0.2, -0.15) is 0 Å². The lowest BCUT2D eigenvalue weighted by Gasteiger charge is -2.11. The van der Waals surface area contributed by atoms with Crippen molar-refractivity contribution < 1.29 is 9.47 Å². The molecular weight excluding hydrogens is 250 g/mol. The molecule has 20 heavy (non-hydrogen) atoms. The molecule has 0 aliphatic carbocycles. The highest BCUT2D eigenvalue weighted by Crippen LogP contribution is 2.28. The summed E-state index contributed by atoms with van der Waals surface area (Å²) in [5, 5.41) is 3.35. The Labute approximate surface area is 119 Å². The van der Waals surface area contributed by atoms with Crippen molar-refractivity contribution in [3.63, 3.8) is 0 Å². The van der Waals surface area contributed by atoms with Crippen molar-refractivity contribution in [2.24, 2.45) is 0 Å². The molecule has 0 spiro atoms. The van der Waals surface area contributed by atoms with E-state index in [-0.39, 0.29) is 6.61 Å². The van der Waals surface area contributed by atoms with Crippen LogP contribution < -0.4 is 14.8 Å². The van der Waals surface area contributed by atoms with Gasteiger partial charge in [0, 0.05) is 12.2 Å². The standard InChI is InChI=1S/C17H17NO2/c1-3-11-20-16-10-9-14(12-17(16)19-2)13-18-15-7-5-4-6-8-15/h1,4-10,12,18H,11,13H2,2H3. The maximum absolute atomic E-state index is 5.41. The van der Waals surface area contributed by atoms with Crippen LogP contribution in [-0.2, 0) is 6.54 Å². The van der Waals surface area contributed by atoms with Crippen molar-refractivity contribution >= 4 is 5.69 Å². The number of ether oxygens (including phenoxy) is 2. The van der Waals surface area contributed by atoms with Crippen molar-refractivity contribution in [1.29, 1.82) is 0 Å². The smallest absolute Gasteiger partial charge is 0.162 e. The monoisotopic (exact) mass is 267 g/mol. The zero-order valence-corrected chi connectivity index (χ0v) is 11.4. The predicted octanol–water partition coefficient (Wildman–Crippen LogP) is 3.32. The van der Waals surface area contributed by atoms with Gasteiger partial charge < -0.3 is 14.8 Å². The Kier molecular flexibility index (Phi) is 4.91. The van der Waals surface area contributed by atoms with E-state index >= 15 is 0 Å². The van der Waals surface area contributed by atoms with Gasteiger partial charge in [-0.3, -0.25) is 0 Å². The summed E-state index contributed by atoms with van der Waals surface area (Å²) in [6.45, 7) is 0.952. The molecule has 102 valence electrons. The van der Waals surface area contributed by atoms with E-state index in [9.17, 15) is 0 Å². The molecule has 2 aromatic carbocycles. The minimum Gasteiger partial charge on any atom is -0.493 e. The number of hydrogen-bond donors (Lipinski definition) is 1. The van der Waals surface area contributed by atoms with E-state index < -0.39 is 0 Å². The highest BCUT2D eigenvalue weighted by atomic mass is 16.5. The summed E-state index contributed by atoms with van der Waals surface area (Å²) in [5.74, 6) is 3.79. The number of para-hydroxylation sites is 1. The fourth-order valence-corrected chi connectivity index (χ4v) is 1.82. The molecule has 0 aliphatic rings. The van der Waals surface area contributed by atoms with E-state index in [1.54, 1.807) is 7.11 Å². The first-order chi connectivity index (χ1) is 9.83. The van der Waals surface area contributed by atoms with E-state index in [0.29, 0.717) is 11.5 Å². The third kappa shape index (κ3) is 3.69. The minimum atomic E-state index is 0.234. The molecule has 2 aromatic rings. The SMILES string of the molecule is C#CCOc1ccc(CNc2ccccc2)cc1OC. The number of methoxy groups -OCH3 is 1. The quantitative estimate of drug-likeness (QED) is 0.814. The summed E-state index contributed by atoms with van der Waals surface area (Å²) in [4.78, 5) is 0. The van der Waals surface area contributed by atoms with Crippen molar-refractivity contribution in [2.45, 2.75) is 6.54 Å². The molecule has 0 atom stereocenters. The average Bonchev–Trinajstić information content (AvgIpc) is 2.52. The molecule has 1 N–H and O–H groups in total. The zero-order valence-electron chi connectivity index (χ0n) is 11.4. The number of benzene rings is 2. The van der Waals surface area contributed by atoms with Crippen LogP contribution in [0.5, 0.6) is 11.5 Å². The predicted molar refractivity (Wildman–Crippen MR) is 81.1 cm³/mol. The van der Waals surface area contributed by atoms with Crippen molar-refractivity contribution in [2.75, 3.05) is 19.0 Å². The molecule has 0 bridgehead atoms. The molecule has 0 aromatic heterocycles. The van der Waals surface area contributed by atoms with Crippen LogP contribution in [0.25, 0.3) is 0 Å². The lowest BCUT2D eigenvalue weighted by atomic mass is 10.2. The zero-order chi connectivity index (χ0) is 14.2. The third-order valence-electron chi connectivity index (χ3n) is 2.81. The van der Waals surface area contributed by atoms with Crippen molar-refractivity contribution in [3.05, 3.63) is 54.1 Å². The highest BCUT2D eigenvalue weighted by molar-refractivity contribution is 5.46. The number of terminal acetylenes is 1. The van der Waals surface area contributed by atoms with Gasteiger partial charge in [0.1, 0.15) is 6.61 Å². The Bertz CT molecular complexity index is 588. The van der Waals surface area contributed by atoms with E-state index in [1.807, 2.05) is 48.5 Å². The lowest BCUT2D eigenvalue weighted by molar-refractivity contribution is 0.330. The molecule has 0 amide bonds. The van der Waals surface area contributed by atoms with Crippen molar-refractivity contribution in [1.82, 2.24) is 0 Å². The van der Waals surface area contributed by atoms with Gasteiger partial charge in [0.15, 0.2) is 11.5 Å². The third-order valence-corrected chi connectivity index (χ3v) is 2.81. The van der Waals surface area contributed by atoms with Crippen LogP contribution in [0.1, 0.15) is 5.56 Å².